The Balaban J connectivity index is 1.76. The summed E-state index contributed by atoms with van der Waals surface area (Å²) in [4.78, 5) is 35.7. The number of methoxy groups -OCH3 is 1. The van der Waals surface area contributed by atoms with Crippen molar-refractivity contribution in [2.75, 3.05) is 19.0 Å². The second-order valence-electron chi connectivity index (χ2n) is 8.39. The molecule has 0 unspecified atom stereocenters. The molecule has 2 N–H and O–H groups in total. The van der Waals surface area contributed by atoms with Crippen LogP contribution in [-0.2, 0) is 20.9 Å². The minimum absolute atomic E-state index is 0.0556. The summed E-state index contributed by atoms with van der Waals surface area (Å²) in [6.07, 6.45) is 2.13. The molecule has 10 nitrogen and oxygen atoms in total. The molecule has 3 rings (SSSR count). The number of ether oxygens (including phenoxy) is 3. The Morgan fingerprint density at radius 3 is 2.74 bits per heavy atom. The number of carbonyl (C=O) groups is 2. The lowest BCUT2D eigenvalue weighted by Gasteiger charge is -2.32. The van der Waals surface area contributed by atoms with Crippen molar-refractivity contribution in [2.24, 2.45) is 5.92 Å². The molecule has 188 valence electrons. The molecule has 10 heteroatoms. The molecule has 0 bridgehead atoms. The number of nitrogens with zero attached hydrogens (tertiary/aromatic N) is 1. The monoisotopic (exact) mass is 485 g/mol. The second kappa shape index (κ2) is 12.2. The van der Waals surface area contributed by atoms with Crippen LogP contribution in [0.4, 0.5) is 11.4 Å². The molecule has 1 aliphatic rings. The summed E-state index contributed by atoms with van der Waals surface area (Å²) in [6.45, 7) is 4.32. The van der Waals surface area contributed by atoms with E-state index in [9.17, 15) is 19.7 Å². The molecule has 35 heavy (non-hydrogen) atoms. The second-order valence-corrected chi connectivity index (χ2v) is 8.39. The van der Waals surface area contributed by atoms with Crippen molar-refractivity contribution < 1.29 is 28.7 Å². The molecule has 0 spiro atoms. The summed E-state index contributed by atoms with van der Waals surface area (Å²) in [5.41, 5.74) is 1.08. The van der Waals surface area contributed by atoms with Gasteiger partial charge in [0.15, 0.2) is 0 Å². The van der Waals surface area contributed by atoms with Crippen molar-refractivity contribution in [2.45, 2.75) is 52.0 Å². The number of amides is 1. The highest BCUT2D eigenvalue weighted by Crippen LogP contribution is 2.30. The fourth-order valence-electron chi connectivity index (χ4n) is 3.85. The predicted molar refractivity (Wildman–Crippen MR) is 129 cm³/mol. The van der Waals surface area contributed by atoms with Crippen molar-refractivity contribution in [1.29, 1.82) is 0 Å². The van der Waals surface area contributed by atoms with Gasteiger partial charge in [-0.25, -0.2) is 4.79 Å². The molecule has 2 aromatic rings. The first kappa shape index (κ1) is 26.0. The van der Waals surface area contributed by atoms with Crippen molar-refractivity contribution in [3.05, 3.63) is 63.7 Å². The summed E-state index contributed by atoms with van der Waals surface area (Å²) >= 11 is 0. The molecule has 0 aliphatic carbocycles. The van der Waals surface area contributed by atoms with Gasteiger partial charge in [-0.05, 0) is 25.5 Å². The lowest BCUT2D eigenvalue weighted by atomic mass is 10.00. The number of non-ortho nitro benzene ring substituents is 1. The van der Waals surface area contributed by atoms with Crippen LogP contribution in [0.15, 0.2) is 42.5 Å². The number of para-hydroxylation sites is 1. The first-order valence-corrected chi connectivity index (χ1v) is 11.6. The van der Waals surface area contributed by atoms with Gasteiger partial charge in [0.05, 0.1) is 24.2 Å². The molecule has 1 heterocycles. The van der Waals surface area contributed by atoms with E-state index in [1.54, 1.807) is 6.92 Å². The number of unbranched alkanes of at least 4 members (excludes halogenated alkanes) is 1. The predicted octanol–water partition coefficient (Wildman–Crippen LogP) is 4.04. The molecular formula is C25H31N3O7. The molecule has 0 fully saturated rings. The number of fused-ring (bicyclic) bond motifs is 1. The molecule has 2 aromatic carbocycles. The SMILES string of the molecule is CCCC[C@H](CNC(=O)c1cc([N+](=O)[O-])ccc1N[C@H](C)C(=O)OC)[C@@H]1OCc2ccccc2O1. The number of carbonyl (C=O) groups excluding carboxylic acids is 2. The van der Waals surface area contributed by atoms with Gasteiger partial charge in [-0.1, -0.05) is 38.0 Å². The van der Waals surface area contributed by atoms with Gasteiger partial charge in [0, 0.05) is 35.8 Å². The number of rotatable bonds is 11. The number of hydrogen-bond acceptors (Lipinski definition) is 8. The maximum Gasteiger partial charge on any atom is 0.327 e. The first-order chi connectivity index (χ1) is 16.8. The Labute approximate surface area is 204 Å². The lowest BCUT2D eigenvalue weighted by Crippen LogP contribution is -2.41. The standard InChI is InChI=1S/C25H31N3O7/c1-4-5-8-17(25-34-15-18-9-6-7-10-22(18)35-25)14-26-23(29)20-13-19(28(31)32)11-12-21(20)27-16(2)24(30)33-3/h6-7,9-13,16-17,25,27H,4-5,8,14-15H2,1-3H3,(H,26,29)/t16-,17-,25-/m1/s1. The zero-order chi connectivity index (χ0) is 25.4. The molecule has 3 atom stereocenters. The zero-order valence-corrected chi connectivity index (χ0v) is 20.1. The van der Waals surface area contributed by atoms with Crippen LogP contribution in [0.3, 0.4) is 0 Å². The number of esters is 1. The van der Waals surface area contributed by atoms with E-state index in [4.69, 9.17) is 14.2 Å². The van der Waals surface area contributed by atoms with Crippen molar-refractivity contribution in [3.63, 3.8) is 0 Å². The molecule has 0 aromatic heterocycles. The van der Waals surface area contributed by atoms with Crippen LogP contribution >= 0.6 is 0 Å². The number of nitro benzene ring substituents is 1. The van der Waals surface area contributed by atoms with Crippen LogP contribution in [-0.4, -0.2) is 42.8 Å². The Morgan fingerprint density at radius 2 is 2.03 bits per heavy atom. The molecule has 1 amide bonds. The molecular weight excluding hydrogens is 454 g/mol. The van der Waals surface area contributed by atoms with Gasteiger partial charge in [-0.15, -0.1) is 0 Å². The van der Waals surface area contributed by atoms with E-state index in [-0.39, 0.29) is 29.4 Å². The Bertz CT molecular complexity index is 1060. The summed E-state index contributed by atoms with van der Waals surface area (Å²) in [5, 5.41) is 17.1. The van der Waals surface area contributed by atoms with E-state index in [0.717, 1.165) is 30.6 Å². The van der Waals surface area contributed by atoms with Crippen LogP contribution in [0.1, 0.15) is 49.0 Å². The van der Waals surface area contributed by atoms with E-state index >= 15 is 0 Å². The normalized spacial score (nSPS) is 16.3. The average Bonchev–Trinajstić information content (AvgIpc) is 2.87. The highest BCUT2D eigenvalue weighted by Gasteiger charge is 2.29. The van der Waals surface area contributed by atoms with E-state index in [1.165, 1.54) is 25.3 Å². The Morgan fingerprint density at radius 1 is 1.26 bits per heavy atom. The van der Waals surface area contributed by atoms with E-state index in [2.05, 4.69) is 17.6 Å². The maximum absolute atomic E-state index is 13.1. The van der Waals surface area contributed by atoms with Gasteiger partial charge in [0.25, 0.3) is 11.6 Å². The van der Waals surface area contributed by atoms with Gasteiger partial charge >= 0.3 is 5.97 Å². The number of nitro groups is 1. The van der Waals surface area contributed by atoms with Crippen LogP contribution in [0.25, 0.3) is 0 Å². The minimum Gasteiger partial charge on any atom is -0.467 e. The number of hydrogen-bond donors (Lipinski definition) is 2. The maximum atomic E-state index is 13.1. The third-order valence-electron chi connectivity index (χ3n) is 5.84. The number of nitrogens with one attached hydrogen (secondary N) is 2. The molecule has 1 aliphatic heterocycles. The highest BCUT2D eigenvalue weighted by atomic mass is 16.7. The molecule has 0 radical (unpaired) electrons. The quantitative estimate of drug-likeness (QED) is 0.277. The molecule has 0 saturated heterocycles. The van der Waals surface area contributed by atoms with Gasteiger partial charge in [0.1, 0.15) is 11.8 Å². The Kier molecular flexibility index (Phi) is 9.02. The van der Waals surface area contributed by atoms with Crippen molar-refractivity contribution >= 4 is 23.3 Å². The topological polar surface area (TPSA) is 129 Å². The van der Waals surface area contributed by atoms with Gasteiger partial charge in [-0.2, -0.15) is 0 Å². The van der Waals surface area contributed by atoms with Crippen LogP contribution < -0.4 is 15.4 Å². The van der Waals surface area contributed by atoms with Crippen LogP contribution in [0.5, 0.6) is 5.75 Å². The van der Waals surface area contributed by atoms with Crippen LogP contribution in [0.2, 0.25) is 0 Å². The summed E-state index contributed by atoms with van der Waals surface area (Å²) in [6, 6.07) is 10.8. The minimum atomic E-state index is -0.755. The van der Waals surface area contributed by atoms with Crippen LogP contribution in [0, 0.1) is 16.0 Å². The van der Waals surface area contributed by atoms with Crippen molar-refractivity contribution in [3.8, 4) is 5.75 Å². The highest BCUT2D eigenvalue weighted by molar-refractivity contribution is 6.00. The van der Waals surface area contributed by atoms with E-state index in [1.807, 2.05) is 24.3 Å². The number of anilines is 1. The van der Waals surface area contributed by atoms with Gasteiger partial charge in [-0.3, -0.25) is 14.9 Å². The third-order valence-corrected chi connectivity index (χ3v) is 5.84. The average molecular weight is 486 g/mol. The van der Waals surface area contributed by atoms with E-state index < -0.39 is 29.1 Å². The third kappa shape index (κ3) is 6.69. The summed E-state index contributed by atoms with van der Waals surface area (Å²) in [7, 11) is 1.26. The van der Waals surface area contributed by atoms with Crippen molar-refractivity contribution in [1.82, 2.24) is 5.32 Å². The van der Waals surface area contributed by atoms with Gasteiger partial charge in [0.2, 0.25) is 6.29 Å². The fourth-order valence-corrected chi connectivity index (χ4v) is 3.85. The molecule has 0 saturated carbocycles. The van der Waals surface area contributed by atoms with Gasteiger partial charge < -0.3 is 24.8 Å². The fraction of sp³-hybridized carbons (Fsp3) is 0.440. The lowest BCUT2D eigenvalue weighted by molar-refractivity contribution is -0.384. The smallest absolute Gasteiger partial charge is 0.327 e. The number of benzene rings is 2. The summed E-state index contributed by atoms with van der Waals surface area (Å²) < 4.78 is 16.7. The Hall–Kier alpha value is -3.66. The van der Waals surface area contributed by atoms with E-state index in [0.29, 0.717) is 6.61 Å². The first-order valence-electron chi connectivity index (χ1n) is 11.6. The largest absolute Gasteiger partial charge is 0.467 e. The summed E-state index contributed by atoms with van der Waals surface area (Å²) in [5.74, 6) is -0.401. The zero-order valence-electron chi connectivity index (χ0n) is 20.1.